The van der Waals surface area contributed by atoms with Crippen LogP contribution < -0.4 is 0 Å². The van der Waals surface area contributed by atoms with Gasteiger partial charge in [0.15, 0.2) is 5.78 Å². The molecule has 1 nitrogen and oxygen atoms in total. The van der Waals surface area contributed by atoms with Gasteiger partial charge in [-0.2, -0.15) is 0 Å². The molecular formula is C9H12OS. The van der Waals surface area contributed by atoms with E-state index in [1.54, 1.807) is 18.3 Å². The Hall–Kier alpha value is -0.630. The molecular weight excluding hydrogens is 156 g/mol. The molecule has 0 unspecified atom stereocenters. The van der Waals surface area contributed by atoms with Crippen molar-refractivity contribution in [3.63, 3.8) is 0 Å². The van der Waals surface area contributed by atoms with Crippen LogP contribution in [-0.2, 0) is 6.42 Å². The molecule has 1 aromatic rings. The standard InChI is InChI=1S/C9H12OS/c1-4-8-6(2)5-9(11-8)7(3)10/h5H,4H2,1-3H3. The summed E-state index contributed by atoms with van der Waals surface area (Å²) in [5, 5.41) is 0. The Kier molecular flexibility index (Phi) is 2.45. The van der Waals surface area contributed by atoms with Crippen molar-refractivity contribution in [1.82, 2.24) is 0 Å². The molecule has 0 atom stereocenters. The van der Waals surface area contributed by atoms with Gasteiger partial charge in [-0.3, -0.25) is 4.79 Å². The fraction of sp³-hybridized carbons (Fsp3) is 0.444. The van der Waals surface area contributed by atoms with E-state index in [2.05, 4.69) is 13.8 Å². The Balaban J connectivity index is 3.05. The lowest BCUT2D eigenvalue weighted by molar-refractivity contribution is 0.102. The highest BCUT2D eigenvalue weighted by Crippen LogP contribution is 2.22. The fourth-order valence-electron chi connectivity index (χ4n) is 1.04. The largest absolute Gasteiger partial charge is 0.294 e. The molecule has 1 rings (SSSR count). The van der Waals surface area contributed by atoms with Gasteiger partial charge < -0.3 is 0 Å². The van der Waals surface area contributed by atoms with E-state index in [1.807, 2.05) is 6.07 Å². The minimum absolute atomic E-state index is 0.179. The van der Waals surface area contributed by atoms with E-state index in [1.165, 1.54) is 10.4 Å². The highest BCUT2D eigenvalue weighted by molar-refractivity contribution is 7.14. The summed E-state index contributed by atoms with van der Waals surface area (Å²) in [6, 6.07) is 1.98. The van der Waals surface area contributed by atoms with Gasteiger partial charge >= 0.3 is 0 Å². The third-order valence-corrected chi connectivity index (χ3v) is 3.17. The molecule has 1 aromatic heterocycles. The van der Waals surface area contributed by atoms with Gasteiger partial charge in [-0.1, -0.05) is 6.92 Å². The first kappa shape index (κ1) is 8.47. The van der Waals surface area contributed by atoms with E-state index in [0.717, 1.165) is 11.3 Å². The minimum atomic E-state index is 0.179. The molecule has 0 radical (unpaired) electrons. The van der Waals surface area contributed by atoms with Crippen LogP contribution in [0, 0.1) is 6.92 Å². The number of Topliss-reactive ketones (excluding diaryl/α,β-unsaturated/α-hetero) is 1. The van der Waals surface area contributed by atoms with Crippen molar-refractivity contribution in [3.05, 3.63) is 21.4 Å². The summed E-state index contributed by atoms with van der Waals surface area (Å²) in [4.78, 5) is 13.2. The maximum Gasteiger partial charge on any atom is 0.169 e. The summed E-state index contributed by atoms with van der Waals surface area (Å²) in [5.74, 6) is 0.179. The van der Waals surface area contributed by atoms with Crippen LogP contribution in [-0.4, -0.2) is 5.78 Å². The normalized spacial score (nSPS) is 10.1. The number of carbonyl (C=O) groups is 1. The molecule has 60 valence electrons. The van der Waals surface area contributed by atoms with Gasteiger partial charge in [0.05, 0.1) is 4.88 Å². The molecule has 0 aliphatic carbocycles. The fourth-order valence-corrected chi connectivity index (χ4v) is 2.05. The van der Waals surface area contributed by atoms with E-state index in [-0.39, 0.29) is 5.78 Å². The minimum Gasteiger partial charge on any atom is -0.294 e. The Labute approximate surface area is 71.1 Å². The van der Waals surface area contributed by atoms with Gasteiger partial charge in [0.25, 0.3) is 0 Å². The van der Waals surface area contributed by atoms with Crippen LogP contribution in [0.1, 0.15) is 34.0 Å². The van der Waals surface area contributed by atoms with Crippen molar-refractivity contribution in [2.45, 2.75) is 27.2 Å². The van der Waals surface area contributed by atoms with Crippen molar-refractivity contribution in [3.8, 4) is 0 Å². The topological polar surface area (TPSA) is 17.1 Å². The van der Waals surface area contributed by atoms with E-state index >= 15 is 0 Å². The summed E-state index contributed by atoms with van der Waals surface area (Å²) in [5.41, 5.74) is 1.25. The highest BCUT2D eigenvalue weighted by Gasteiger charge is 2.06. The summed E-state index contributed by atoms with van der Waals surface area (Å²) in [6.07, 6.45) is 1.03. The number of hydrogen-bond acceptors (Lipinski definition) is 2. The number of aryl methyl sites for hydroxylation is 2. The molecule has 0 spiro atoms. The monoisotopic (exact) mass is 168 g/mol. The second kappa shape index (κ2) is 3.18. The predicted molar refractivity (Wildman–Crippen MR) is 48.4 cm³/mol. The Morgan fingerprint density at radius 3 is 2.55 bits per heavy atom. The molecule has 0 aromatic carbocycles. The van der Waals surface area contributed by atoms with Gasteiger partial charge in [0.2, 0.25) is 0 Å². The molecule has 11 heavy (non-hydrogen) atoms. The summed E-state index contributed by atoms with van der Waals surface area (Å²) >= 11 is 1.62. The van der Waals surface area contributed by atoms with Crippen molar-refractivity contribution in [2.75, 3.05) is 0 Å². The summed E-state index contributed by atoms with van der Waals surface area (Å²) < 4.78 is 0. The summed E-state index contributed by atoms with van der Waals surface area (Å²) in [6.45, 7) is 5.79. The zero-order chi connectivity index (χ0) is 8.43. The van der Waals surface area contributed by atoms with Gasteiger partial charge in [-0.05, 0) is 31.9 Å². The maximum atomic E-state index is 10.9. The van der Waals surface area contributed by atoms with Crippen molar-refractivity contribution in [1.29, 1.82) is 0 Å². The van der Waals surface area contributed by atoms with Crippen LogP contribution in [0.4, 0.5) is 0 Å². The molecule has 0 aliphatic heterocycles. The third-order valence-electron chi connectivity index (χ3n) is 1.69. The van der Waals surface area contributed by atoms with Gasteiger partial charge in [0.1, 0.15) is 0 Å². The quantitative estimate of drug-likeness (QED) is 0.620. The number of carbonyl (C=O) groups excluding carboxylic acids is 1. The first-order chi connectivity index (χ1) is 5.15. The maximum absolute atomic E-state index is 10.9. The molecule has 0 aliphatic rings. The second-order valence-corrected chi connectivity index (χ2v) is 3.76. The third kappa shape index (κ3) is 1.69. The van der Waals surface area contributed by atoms with Gasteiger partial charge in [-0.15, -0.1) is 11.3 Å². The van der Waals surface area contributed by atoms with Crippen LogP contribution in [0.3, 0.4) is 0 Å². The van der Waals surface area contributed by atoms with Crippen LogP contribution in [0.2, 0.25) is 0 Å². The van der Waals surface area contributed by atoms with Crippen molar-refractivity contribution >= 4 is 17.1 Å². The molecule has 0 saturated heterocycles. The van der Waals surface area contributed by atoms with Crippen LogP contribution in [0.15, 0.2) is 6.07 Å². The van der Waals surface area contributed by atoms with E-state index in [4.69, 9.17) is 0 Å². The lowest BCUT2D eigenvalue weighted by Gasteiger charge is -1.88. The molecule has 0 saturated carbocycles. The van der Waals surface area contributed by atoms with Crippen LogP contribution >= 0.6 is 11.3 Å². The highest BCUT2D eigenvalue weighted by atomic mass is 32.1. The SMILES string of the molecule is CCc1sc(C(C)=O)cc1C. The number of ketones is 1. The Morgan fingerprint density at radius 1 is 1.64 bits per heavy atom. The molecule has 1 heterocycles. The van der Waals surface area contributed by atoms with E-state index < -0.39 is 0 Å². The average molecular weight is 168 g/mol. The van der Waals surface area contributed by atoms with E-state index in [9.17, 15) is 4.79 Å². The first-order valence-corrected chi connectivity index (χ1v) is 4.57. The second-order valence-electron chi connectivity index (χ2n) is 2.63. The first-order valence-electron chi connectivity index (χ1n) is 3.75. The van der Waals surface area contributed by atoms with Gasteiger partial charge in [-0.25, -0.2) is 0 Å². The zero-order valence-electron chi connectivity index (χ0n) is 7.10. The van der Waals surface area contributed by atoms with Crippen LogP contribution in [0.25, 0.3) is 0 Å². The number of hydrogen-bond donors (Lipinski definition) is 0. The average Bonchev–Trinajstić information content (AvgIpc) is 2.31. The lowest BCUT2D eigenvalue weighted by atomic mass is 10.2. The van der Waals surface area contributed by atoms with Crippen molar-refractivity contribution < 1.29 is 4.79 Å². The van der Waals surface area contributed by atoms with Gasteiger partial charge in [0, 0.05) is 4.88 Å². The van der Waals surface area contributed by atoms with E-state index in [0.29, 0.717) is 0 Å². The zero-order valence-corrected chi connectivity index (χ0v) is 7.92. The van der Waals surface area contributed by atoms with Crippen molar-refractivity contribution in [2.24, 2.45) is 0 Å². The Bertz CT molecular complexity index is 273. The number of rotatable bonds is 2. The molecule has 0 amide bonds. The predicted octanol–water partition coefficient (Wildman–Crippen LogP) is 2.82. The summed E-state index contributed by atoms with van der Waals surface area (Å²) in [7, 11) is 0. The molecule has 0 N–H and O–H groups in total. The molecule has 0 fully saturated rings. The lowest BCUT2D eigenvalue weighted by Crippen LogP contribution is -1.83. The Morgan fingerprint density at radius 2 is 2.27 bits per heavy atom. The molecule has 0 bridgehead atoms. The smallest absolute Gasteiger partial charge is 0.169 e. The van der Waals surface area contributed by atoms with Crippen LogP contribution in [0.5, 0.6) is 0 Å². The molecule has 2 heteroatoms. The number of thiophene rings is 1.